The van der Waals surface area contributed by atoms with Crippen LogP contribution in [0.15, 0.2) is 67.0 Å². The van der Waals surface area contributed by atoms with Crippen molar-refractivity contribution < 1.29 is 0 Å². The van der Waals surface area contributed by atoms with Gasteiger partial charge in [0.1, 0.15) is 0 Å². The third kappa shape index (κ3) is 231. The molecule has 214 valence electrons. The number of nitrogens with zero attached hydrogens (tertiary/aromatic N) is 1. The normalized spacial score (nSPS) is 8.40. The number of hydrogen-bond donors (Lipinski definition) is 0. The van der Waals surface area contributed by atoms with E-state index in [1.807, 2.05) is 96.1 Å². The van der Waals surface area contributed by atoms with Crippen LogP contribution in [0.4, 0.5) is 0 Å². The lowest BCUT2D eigenvalue weighted by molar-refractivity contribution is 0.736. The van der Waals surface area contributed by atoms with Crippen LogP contribution in [-0.2, 0) is 0 Å². The standard InChI is InChI=1S/C6H6.C5H5N.3C4H10.C3H6.3C2H6.2CH4/c2*1-2-4-6-5-3-1;3*1-4(2)3;1-2-3-1;3*1-2;;/h1-6H;1-5H;3*4H,1-3H3;1-3H2;3*1-2H3;2*1H4. The summed E-state index contributed by atoms with van der Waals surface area (Å²) >= 11 is 0. The highest BCUT2D eigenvalue weighted by Gasteiger charge is 1.95. The predicted molar refractivity (Wildman–Crippen MR) is 174 cm³/mol. The molecule has 1 aromatic heterocycles. The Kier molecular flexibility index (Phi) is 98.8. The Morgan fingerprint density at radius 2 is 0.514 bits per heavy atom. The zero-order valence-electron chi connectivity index (χ0n) is 25.7. The van der Waals surface area contributed by atoms with E-state index in [0.29, 0.717) is 0 Å². The Hall–Kier alpha value is -1.63. The molecule has 0 saturated heterocycles. The summed E-state index contributed by atoms with van der Waals surface area (Å²) in [6.45, 7) is 31.5. The summed E-state index contributed by atoms with van der Waals surface area (Å²) in [7, 11) is 0. The second-order valence-electron chi connectivity index (χ2n) is 8.44. The van der Waals surface area contributed by atoms with Crippen molar-refractivity contribution in [1.29, 1.82) is 0 Å². The minimum atomic E-state index is 0. The van der Waals surface area contributed by atoms with Gasteiger partial charge in [-0.25, -0.2) is 0 Å². The van der Waals surface area contributed by atoms with Gasteiger partial charge < -0.3 is 0 Å². The maximum Gasteiger partial charge on any atom is 0.0267 e. The van der Waals surface area contributed by atoms with Crippen molar-refractivity contribution in [2.75, 3.05) is 0 Å². The fourth-order valence-corrected chi connectivity index (χ4v) is 0.698. The second-order valence-corrected chi connectivity index (χ2v) is 8.44. The van der Waals surface area contributed by atoms with Crippen molar-refractivity contribution in [1.82, 2.24) is 4.98 Å². The molecular formula is C34H73N. The van der Waals surface area contributed by atoms with Gasteiger partial charge in [0.2, 0.25) is 0 Å². The van der Waals surface area contributed by atoms with Gasteiger partial charge in [0, 0.05) is 12.4 Å². The third-order valence-electron chi connectivity index (χ3n) is 1.59. The van der Waals surface area contributed by atoms with Gasteiger partial charge in [0.05, 0.1) is 0 Å². The molecule has 2 aromatic rings. The molecule has 0 radical (unpaired) electrons. The zero-order chi connectivity index (χ0) is 27.3. The van der Waals surface area contributed by atoms with Crippen LogP contribution in [0.5, 0.6) is 0 Å². The molecule has 35 heavy (non-hydrogen) atoms. The average molecular weight is 496 g/mol. The topological polar surface area (TPSA) is 12.9 Å². The van der Waals surface area contributed by atoms with Crippen LogP contribution in [0.25, 0.3) is 0 Å². The van der Waals surface area contributed by atoms with E-state index in [-0.39, 0.29) is 14.9 Å². The minimum Gasteiger partial charge on any atom is -0.265 e. The summed E-state index contributed by atoms with van der Waals surface area (Å²) in [6.07, 6.45) is 8.00. The molecule has 1 fully saturated rings. The first-order chi connectivity index (χ1) is 15.7. The Morgan fingerprint density at radius 3 is 0.571 bits per heavy atom. The molecule has 0 bridgehead atoms. The average Bonchev–Trinajstić information content (AvgIpc) is 3.69. The Balaban J connectivity index is -0.0000000400. The molecule has 0 atom stereocenters. The molecule has 1 saturated carbocycles. The fraction of sp³-hybridized carbons (Fsp3) is 0.676. The number of rotatable bonds is 0. The predicted octanol–water partition coefficient (Wildman–Crippen LogP) is 13.3. The minimum absolute atomic E-state index is 0. The van der Waals surface area contributed by atoms with Crippen molar-refractivity contribution in [2.24, 2.45) is 17.8 Å². The molecule has 1 aliphatic carbocycles. The molecule has 0 unspecified atom stereocenters. The second kappa shape index (κ2) is 63.7. The van der Waals surface area contributed by atoms with E-state index < -0.39 is 0 Å². The molecule has 1 aromatic carbocycles. The van der Waals surface area contributed by atoms with Crippen LogP contribution < -0.4 is 0 Å². The van der Waals surface area contributed by atoms with E-state index in [9.17, 15) is 0 Å². The van der Waals surface area contributed by atoms with Gasteiger partial charge in [-0.3, -0.25) is 4.98 Å². The molecular weight excluding hydrogens is 422 g/mol. The highest BCUT2D eigenvalue weighted by Crippen LogP contribution is 2.14. The summed E-state index contributed by atoms with van der Waals surface area (Å²) < 4.78 is 0. The van der Waals surface area contributed by atoms with Crippen LogP contribution in [0, 0.1) is 17.8 Å². The van der Waals surface area contributed by atoms with Crippen molar-refractivity contribution in [3.63, 3.8) is 0 Å². The lowest BCUT2D eigenvalue weighted by Gasteiger charge is -1.79. The van der Waals surface area contributed by atoms with Crippen LogP contribution in [-0.4, -0.2) is 4.98 Å². The summed E-state index contributed by atoms with van der Waals surface area (Å²) in [4.78, 5) is 3.78. The first-order valence-corrected chi connectivity index (χ1v) is 13.5. The SMILES string of the molecule is C.C.C1CC1.CC.CC.CC.CC(C)C.CC(C)C.CC(C)C.c1ccccc1.c1ccncc1. The molecule has 1 heterocycles. The quantitative estimate of drug-likeness (QED) is 0.354. The Morgan fingerprint density at radius 1 is 0.371 bits per heavy atom. The van der Waals surface area contributed by atoms with Crippen LogP contribution in [0.2, 0.25) is 0 Å². The highest BCUT2D eigenvalue weighted by atomic mass is 14.6. The van der Waals surface area contributed by atoms with Gasteiger partial charge in [-0.2, -0.15) is 0 Å². The monoisotopic (exact) mass is 496 g/mol. The van der Waals surface area contributed by atoms with Crippen molar-refractivity contribution in [3.8, 4) is 0 Å². The van der Waals surface area contributed by atoms with E-state index in [2.05, 4.69) is 67.3 Å². The Bertz CT molecular complexity index is 309. The van der Waals surface area contributed by atoms with E-state index in [0.717, 1.165) is 17.8 Å². The summed E-state index contributed by atoms with van der Waals surface area (Å²) in [5.41, 5.74) is 0. The molecule has 0 N–H and O–H groups in total. The lowest BCUT2D eigenvalue weighted by atomic mass is 10.3. The van der Waals surface area contributed by atoms with Gasteiger partial charge >= 0.3 is 0 Å². The van der Waals surface area contributed by atoms with E-state index in [1.165, 1.54) is 19.3 Å². The molecule has 1 aliphatic rings. The molecule has 1 nitrogen and oxygen atoms in total. The summed E-state index contributed by atoms with van der Waals surface area (Å²) in [5.74, 6) is 2.50. The van der Waals surface area contributed by atoms with Gasteiger partial charge in [0.15, 0.2) is 0 Å². The van der Waals surface area contributed by atoms with Crippen LogP contribution >= 0.6 is 0 Å². The van der Waals surface area contributed by atoms with Gasteiger partial charge in [0.25, 0.3) is 0 Å². The van der Waals surface area contributed by atoms with Gasteiger partial charge in [-0.05, 0) is 29.9 Å². The van der Waals surface area contributed by atoms with E-state index >= 15 is 0 Å². The number of benzene rings is 1. The fourth-order valence-electron chi connectivity index (χ4n) is 0.698. The number of aromatic nitrogens is 1. The molecule has 0 amide bonds. The van der Waals surface area contributed by atoms with E-state index in [4.69, 9.17) is 0 Å². The van der Waals surface area contributed by atoms with E-state index in [1.54, 1.807) is 12.4 Å². The van der Waals surface area contributed by atoms with Crippen molar-refractivity contribution >= 4 is 0 Å². The summed E-state index contributed by atoms with van der Waals surface area (Å²) in [5, 5.41) is 0. The summed E-state index contributed by atoms with van der Waals surface area (Å²) in [6, 6.07) is 17.7. The maximum atomic E-state index is 3.78. The van der Waals surface area contributed by atoms with Gasteiger partial charge in [-0.15, -0.1) is 0 Å². The largest absolute Gasteiger partial charge is 0.265 e. The van der Waals surface area contributed by atoms with Crippen LogP contribution in [0.1, 0.15) is 138 Å². The molecule has 1 heteroatoms. The first-order valence-electron chi connectivity index (χ1n) is 13.5. The third-order valence-corrected chi connectivity index (χ3v) is 1.59. The first kappa shape index (κ1) is 54.3. The number of hydrogen-bond acceptors (Lipinski definition) is 1. The zero-order valence-corrected chi connectivity index (χ0v) is 25.7. The van der Waals surface area contributed by atoms with Crippen molar-refractivity contribution in [2.45, 2.75) is 138 Å². The Labute approximate surface area is 227 Å². The highest BCUT2D eigenvalue weighted by molar-refractivity contribution is 4.99. The van der Waals surface area contributed by atoms with Crippen molar-refractivity contribution in [3.05, 3.63) is 67.0 Å². The maximum absolute atomic E-state index is 3.78. The molecule has 0 aliphatic heterocycles. The smallest absolute Gasteiger partial charge is 0.0267 e. The van der Waals surface area contributed by atoms with Crippen LogP contribution in [0.3, 0.4) is 0 Å². The number of pyridine rings is 1. The van der Waals surface area contributed by atoms with Gasteiger partial charge in [-0.1, -0.05) is 180 Å². The molecule has 0 spiro atoms. The lowest BCUT2D eigenvalue weighted by Crippen LogP contribution is -1.66. The molecule has 3 rings (SSSR count).